The van der Waals surface area contributed by atoms with Crippen molar-refractivity contribution in [2.24, 2.45) is 5.92 Å². The molecule has 1 unspecified atom stereocenters. The molecule has 0 aliphatic carbocycles. The lowest BCUT2D eigenvalue weighted by Gasteiger charge is -2.36. The molecule has 29 heavy (non-hydrogen) atoms. The van der Waals surface area contributed by atoms with Crippen molar-refractivity contribution in [2.45, 2.75) is 6.42 Å². The summed E-state index contributed by atoms with van der Waals surface area (Å²) in [6.07, 6.45) is 0.0348. The molecule has 2 aliphatic rings. The Morgan fingerprint density at radius 2 is 1.76 bits per heavy atom. The number of rotatable bonds is 3. The highest BCUT2D eigenvalue weighted by Gasteiger charge is 2.38. The first-order valence-electron chi connectivity index (χ1n) is 9.33. The summed E-state index contributed by atoms with van der Waals surface area (Å²) in [6, 6.07) is 8.36. The standard InChI is InChI=1S/C20H19ClF2N4O2/c21-17-2-1-3-18(24-17)25-4-6-26(7-5-25)20(29)13-8-19(28)27(12-13)16-10-14(22)9-15(23)11-16/h1-3,9-11,13H,4-8,12H2. The highest BCUT2D eigenvalue weighted by Crippen LogP contribution is 2.28. The predicted octanol–water partition coefficient (Wildman–Crippen LogP) is 2.71. The molecule has 0 bridgehead atoms. The van der Waals surface area contributed by atoms with E-state index in [-0.39, 0.29) is 30.5 Å². The van der Waals surface area contributed by atoms with E-state index < -0.39 is 17.6 Å². The summed E-state index contributed by atoms with van der Waals surface area (Å²) in [5.41, 5.74) is 0.139. The van der Waals surface area contributed by atoms with E-state index in [0.29, 0.717) is 31.3 Å². The van der Waals surface area contributed by atoms with Gasteiger partial charge in [-0.1, -0.05) is 17.7 Å². The van der Waals surface area contributed by atoms with Crippen LogP contribution in [0.5, 0.6) is 0 Å². The third kappa shape index (κ3) is 4.17. The normalized spacial score (nSPS) is 19.8. The maximum absolute atomic E-state index is 13.5. The maximum atomic E-state index is 13.5. The largest absolute Gasteiger partial charge is 0.353 e. The first-order chi connectivity index (χ1) is 13.9. The van der Waals surface area contributed by atoms with Gasteiger partial charge >= 0.3 is 0 Å². The Balaban J connectivity index is 1.39. The van der Waals surface area contributed by atoms with Crippen LogP contribution in [0.3, 0.4) is 0 Å². The number of carbonyl (C=O) groups is 2. The monoisotopic (exact) mass is 420 g/mol. The summed E-state index contributed by atoms with van der Waals surface area (Å²) in [4.78, 5) is 34.6. The van der Waals surface area contributed by atoms with E-state index in [1.54, 1.807) is 11.0 Å². The third-order valence-corrected chi connectivity index (χ3v) is 5.46. The van der Waals surface area contributed by atoms with E-state index in [4.69, 9.17) is 11.6 Å². The average Bonchev–Trinajstić information content (AvgIpc) is 3.08. The summed E-state index contributed by atoms with van der Waals surface area (Å²) in [7, 11) is 0. The van der Waals surface area contributed by atoms with E-state index in [1.165, 1.54) is 4.90 Å². The molecule has 2 aromatic rings. The van der Waals surface area contributed by atoms with Crippen LogP contribution in [0.4, 0.5) is 20.3 Å². The highest BCUT2D eigenvalue weighted by molar-refractivity contribution is 6.29. The molecule has 0 radical (unpaired) electrons. The smallest absolute Gasteiger partial charge is 0.228 e. The number of aromatic nitrogens is 1. The molecule has 1 atom stereocenters. The zero-order valence-electron chi connectivity index (χ0n) is 15.5. The zero-order valence-corrected chi connectivity index (χ0v) is 16.3. The maximum Gasteiger partial charge on any atom is 0.228 e. The molecular formula is C20H19ClF2N4O2. The Bertz CT molecular complexity index is 930. The molecule has 2 amide bonds. The number of hydrogen-bond donors (Lipinski definition) is 0. The Morgan fingerprint density at radius 3 is 2.41 bits per heavy atom. The van der Waals surface area contributed by atoms with E-state index in [0.717, 1.165) is 24.0 Å². The number of halogens is 3. The van der Waals surface area contributed by atoms with Crippen LogP contribution in [-0.2, 0) is 9.59 Å². The van der Waals surface area contributed by atoms with Crippen LogP contribution >= 0.6 is 11.6 Å². The minimum absolute atomic E-state index is 0.0348. The number of benzene rings is 1. The molecule has 0 spiro atoms. The van der Waals surface area contributed by atoms with E-state index >= 15 is 0 Å². The number of anilines is 2. The Labute approximate surface area is 171 Å². The highest BCUT2D eigenvalue weighted by atomic mass is 35.5. The van der Waals surface area contributed by atoms with Gasteiger partial charge in [-0.05, 0) is 24.3 Å². The molecule has 2 saturated heterocycles. The second-order valence-corrected chi connectivity index (χ2v) is 7.55. The molecule has 2 fully saturated rings. The van der Waals surface area contributed by atoms with Crippen molar-refractivity contribution in [3.05, 3.63) is 53.2 Å². The lowest BCUT2D eigenvalue weighted by molar-refractivity contribution is -0.136. The minimum Gasteiger partial charge on any atom is -0.353 e. The van der Waals surface area contributed by atoms with E-state index in [1.807, 2.05) is 12.1 Å². The van der Waals surface area contributed by atoms with Gasteiger partial charge in [0, 0.05) is 50.9 Å². The quantitative estimate of drug-likeness (QED) is 0.716. The summed E-state index contributed by atoms with van der Waals surface area (Å²) >= 11 is 5.94. The lowest BCUT2D eigenvalue weighted by Crippen LogP contribution is -2.51. The minimum atomic E-state index is -0.756. The van der Waals surface area contributed by atoms with Crippen LogP contribution in [0.1, 0.15) is 6.42 Å². The van der Waals surface area contributed by atoms with Crippen molar-refractivity contribution in [3.63, 3.8) is 0 Å². The fraction of sp³-hybridized carbons (Fsp3) is 0.350. The Hall–Kier alpha value is -2.74. The molecule has 3 heterocycles. The lowest BCUT2D eigenvalue weighted by atomic mass is 10.1. The van der Waals surface area contributed by atoms with Gasteiger partial charge < -0.3 is 14.7 Å². The number of pyridine rings is 1. The van der Waals surface area contributed by atoms with Gasteiger partial charge in [0.1, 0.15) is 22.6 Å². The van der Waals surface area contributed by atoms with Gasteiger partial charge in [-0.15, -0.1) is 0 Å². The zero-order chi connectivity index (χ0) is 20.5. The summed E-state index contributed by atoms with van der Waals surface area (Å²) in [5.74, 6) is -1.70. The van der Waals surface area contributed by atoms with Crippen molar-refractivity contribution in [1.29, 1.82) is 0 Å². The van der Waals surface area contributed by atoms with Crippen LogP contribution in [-0.4, -0.2) is 54.4 Å². The summed E-state index contributed by atoms with van der Waals surface area (Å²) in [6.45, 7) is 2.35. The van der Waals surface area contributed by atoms with Crippen molar-refractivity contribution in [2.75, 3.05) is 42.5 Å². The topological polar surface area (TPSA) is 56.8 Å². The number of piperazine rings is 1. The number of nitrogens with zero attached hydrogens (tertiary/aromatic N) is 4. The Morgan fingerprint density at radius 1 is 1.07 bits per heavy atom. The van der Waals surface area contributed by atoms with Gasteiger partial charge in [0.25, 0.3) is 0 Å². The van der Waals surface area contributed by atoms with Gasteiger partial charge in [0.15, 0.2) is 0 Å². The van der Waals surface area contributed by atoms with Gasteiger partial charge in [-0.3, -0.25) is 9.59 Å². The second-order valence-electron chi connectivity index (χ2n) is 7.16. The van der Waals surface area contributed by atoms with Crippen LogP contribution in [0, 0.1) is 17.6 Å². The molecule has 4 rings (SSSR count). The van der Waals surface area contributed by atoms with Gasteiger partial charge in [0.05, 0.1) is 5.92 Å². The van der Waals surface area contributed by atoms with Crippen LogP contribution in [0.2, 0.25) is 5.15 Å². The van der Waals surface area contributed by atoms with Gasteiger partial charge in [0.2, 0.25) is 11.8 Å². The number of hydrogen-bond acceptors (Lipinski definition) is 4. The van der Waals surface area contributed by atoms with Crippen LogP contribution in [0.15, 0.2) is 36.4 Å². The predicted molar refractivity (Wildman–Crippen MR) is 105 cm³/mol. The SMILES string of the molecule is O=C(C1CC(=O)N(c2cc(F)cc(F)c2)C1)N1CCN(c2cccc(Cl)n2)CC1. The molecule has 152 valence electrons. The summed E-state index contributed by atoms with van der Waals surface area (Å²) in [5, 5.41) is 0.416. The van der Waals surface area contributed by atoms with Gasteiger partial charge in [-0.25, -0.2) is 13.8 Å². The molecule has 1 aromatic heterocycles. The first-order valence-corrected chi connectivity index (χ1v) is 9.71. The fourth-order valence-electron chi connectivity index (χ4n) is 3.81. The summed E-state index contributed by atoms with van der Waals surface area (Å²) < 4.78 is 27.0. The van der Waals surface area contributed by atoms with Crippen molar-refractivity contribution >= 4 is 34.9 Å². The molecule has 2 aliphatic heterocycles. The van der Waals surface area contributed by atoms with Gasteiger partial charge in [-0.2, -0.15) is 0 Å². The average molecular weight is 421 g/mol. The van der Waals surface area contributed by atoms with E-state index in [2.05, 4.69) is 9.88 Å². The molecule has 0 N–H and O–H groups in total. The molecular weight excluding hydrogens is 402 g/mol. The number of amides is 2. The molecule has 0 saturated carbocycles. The Kier molecular flexibility index (Phi) is 5.36. The fourth-order valence-corrected chi connectivity index (χ4v) is 3.96. The van der Waals surface area contributed by atoms with Crippen molar-refractivity contribution in [1.82, 2.24) is 9.88 Å². The van der Waals surface area contributed by atoms with Crippen LogP contribution < -0.4 is 9.80 Å². The molecule has 6 nitrogen and oxygen atoms in total. The first kappa shape index (κ1) is 19.6. The van der Waals surface area contributed by atoms with E-state index in [9.17, 15) is 18.4 Å². The second kappa shape index (κ2) is 7.94. The molecule has 1 aromatic carbocycles. The molecule has 9 heteroatoms. The van der Waals surface area contributed by atoms with Crippen molar-refractivity contribution in [3.8, 4) is 0 Å². The third-order valence-electron chi connectivity index (χ3n) is 5.25. The van der Waals surface area contributed by atoms with Crippen LogP contribution in [0.25, 0.3) is 0 Å². The van der Waals surface area contributed by atoms with Crippen molar-refractivity contribution < 1.29 is 18.4 Å². The number of carbonyl (C=O) groups excluding carboxylic acids is 2.